The van der Waals surface area contributed by atoms with Gasteiger partial charge in [-0.2, -0.15) is 8.78 Å². The Bertz CT molecular complexity index is 722. The summed E-state index contributed by atoms with van der Waals surface area (Å²) in [6.45, 7) is 3.14. The summed E-state index contributed by atoms with van der Waals surface area (Å²) < 4.78 is 58.3. The second-order valence-electron chi connectivity index (χ2n) is 6.70. The van der Waals surface area contributed by atoms with Crippen LogP contribution in [0.1, 0.15) is 20.8 Å². The van der Waals surface area contributed by atoms with E-state index in [1.807, 2.05) is 0 Å². The van der Waals surface area contributed by atoms with Gasteiger partial charge in [0.05, 0.1) is 18.0 Å². The van der Waals surface area contributed by atoms with Gasteiger partial charge >= 0.3 is 11.3 Å². The van der Waals surface area contributed by atoms with E-state index in [2.05, 4.69) is 0 Å². The fourth-order valence-corrected chi connectivity index (χ4v) is 3.66. The predicted octanol–water partition coefficient (Wildman–Crippen LogP) is 2.03. The van der Waals surface area contributed by atoms with E-state index >= 15 is 0 Å². The lowest BCUT2D eigenvalue weighted by Gasteiger charge is -2.48. The average Bonchev–Trinajstić information content (AvgIpc) is 2.42. The van der Waals surface area contributed by atoms with Crippen molar-refractivity contribution >= 4 is 15.9 Å². The summed E-state index contributed by atoms with van der Waals surface area (Å²) >= 11 is 0. The highest BCUT2D eigenvalue weighted by Crippen LogP contribution is 2.43. The number of sulfone groups is 1. The van der Waals surface area contributed by atoms with Crippen molar-refractivity contribution in [2.45, 2.75) is 42.1 Å². The van der Waals surface area contributed by atoms with Crippen molar-refractivity contribution in [3.05, 3.63) is 30.3 Å². The Labute approximate surface area is 138 Å². The molecule has 6 nitrogen and oxygen atoms in total. The van der Waals surface area contributed by atoms with Gasteiger partial charge in [0, 0.05) is 0 Å². The molecular formula is C15H19F2NO5S. The number of carbonyl (C=O) groups is 1. The Kier molecular flexibility index (Phi) is 4.39. The molecule has 0 bridgehead atoms. The summed E-state index contributed by atoms with van der Waals surface area (Å²) in [5.41, 5.74) is -3.69. The lowest BCUT2D eigenvalue weighted by molar-refractivity contribution is -0.194. The van der Waals surface area contributed by atoms with E-state index in [1.165, 1.54) is 18.2 Å². The predicted molar refractivity (Wildman–Crippen MR) is 81.3 cm³/mol. The molecule has 1 N–H and O–H groups in total. The minimum Gasteiger partial charge on any atom is -0.444 e. The number of nitrogens with zero attached hydrogens (tertiary/aromatic N) is 1. The summed E-state index contributed by atoms with van der Waals surface area (Å²) in [5, 5.41) is 5.63. The Morgan fingerprint density at radius 3 is 2.17 bits per heavy atom. The van der Waals surface area contributed by atoms with E-state index in [0.29, 0.717) is 0 Å². The van der Waals surface area contributed by atoms with Crippen molar-refractivity contribution in [2.24, 2.45) is 0 Å². The van der Waals surface area contributed by atoms with Gasteiger partial charge in [-0.25, -0.2) is 13.2 Å². The van der Waals surface area contributed by atoms with Gasteiger partial charge in [-0.05, 0) is 32.9 Å². The maximum absolute atomic E-state index is 14.5. The van der Waals surface area contributed by atoms with Gasteiger partial charge in [0.25, 0.3) is 0 Å². The van der Waals surface area contributed by atoms with Gasteiger partial charge in [0.15, 0.2) is 5.60 Å². The Morgan fingerprint density at radius 1 is 1.21 bits per heavy atom. The molecular weight excluding hydrogens is 344 g/mol. The van der Waals surface area contributed by atoms with Crippen LogP contribution in [0.25, 0.3) is 0 Å². The van der Waals surface area contributed by atoms with E-state index < -0.39 is 50.4 Å². The molecule has 1 amide bonds. The number of likely N-dealkylation sites (tertiary alicyclic amines) is 1. The zero-order valence-electron chi connectivity index (χ0n) is 13.5. The standard InChI is InChI=1S/C15H19F2NO5S/c1-13(2,3)23-12(19)18-9-14(20,10-18)15(16,17)24(21,22)11-7-5-4-6-8-11/h4-8,20H,9-10H2,1-3H3. The number of rotatable bonds is 3. The van der Waals surface area contributed by atoms with Gasteiger partial charge in [0.2, 0.25) is 9.84 Å². The van der Waals surface area contributed by atoms with E-state index in [1.54, 1.807) is 20.8 Å². The molecule has 0 saturated carbocycles. The van der Waals surface area contributed by atoms with Crippen LogP contribution in [0.3, 0.4) is 0 Å². The van der Waals surface area contributed by atoms with Crippen LogP contribution < -0.4 is 0 Å². The number of β-amino-alcohol motifs (C(OH)–C–C–N with tert-alkyl or cyclic N) is 1. The first-order chi connectivity index (χ1) is 10.8. The van der Waals surface area contributed by atoms with E-state index in [0.717, 1.165) is 17.0 Å². The zero-order valence-corrected chi connectivity index (χ0v) is 14.3. The summed E-state index contributed by atoms with van der Waals surface area (Å²) in [4.78, 5) is 12.0. The number of benzene rings is 1. The fourth-order valence-electron chi connectivity index (χ4n) is 2.22. The van der Waals surface area contributed by atoms with Crippen LogP contribution >= 0.6 is 0 Å². The minimum atomic E-state index is -5.10. The molecule has 24 heavy (non-hydrogen) atoms. The first-order valence-corrected chi connectivity index (χ1v) is 8.66. The number of carbonyl (C=O) groups excluding carboxylic acids is 1. The number of alkyl halides is 2. The first kappa shape index (κ1) is 18.6. The van der Waals surface area contributed by atoms with Crippen LogP contribution in [0.2, 0.25) is 0 Å². The maximum atomic E-state index is 14.5. The van der Waals surface area contributed by atoms with Gasteiger partial charge in [0.1, 0.15) is 5.60 Å². The molecule has 1 aromatic carbocycles. The third-order valence-corrected chi connectivity index (χ3v) is 5.44. The molecule has 0 unspecified atom stereocenters. The third kappa shape index (κ3) is 3.10. The normalized spacial score (nSPS) is 18.0. The number of ether oxygens (including phenoxy) is 1. The summed E-state index contributed by atoms with van der Waals surface area (Å²) in [6.07, 6.45) is -0.889. The molecule has 0 radical (unpaired) electrons. The topological polar surface area (TPSA) is 83.9 Å². The van der Waals surface area contributed by atoms with Gasteiger partial charge in [-0.1, -0.05) is 18.2 Å². The Morgan fingerprint density at radius 2 is 1.71 bits per heavy atom. The second kappa shape index (κ2) is 5.66. The van der Waals surface area contributed by atoms with Gasteiger partial charge in [-0.3, -0.25) is 0 Å². The smallest absolute Gasteiger partial charge is 0.410 e. The molecule has 0 spiro atoms. The van der Waals surface area contributed by atoms with Gasteiger partial charge in [-0.15, -0.1) is 0 Å². The van der Waals surface area contributed by atoms with Crippen molar-refractivity contribution in [1.29, 1.82) is 0 Å². The highest BCUT2D eigenvalue weighted by atomic mass is 32.2. The van der Waals surface area contributed by atoms with Crippen molar-refractivity contribution in [1.82, 2.24) is 4.90 Å². The number of hydrogen-bond donors (Lipinski definition) is 1. The van der Waals surface area contributed by atoms with E-state index in [4.69, 9.17) is 4.74 Å². The van der Waals surface area contributed by atoms with Crippen molar-refractivity contribution in [3.63, 3.8) is 0 Å². The average molecular weight is 363 g/mol. The zero-order chi connectivity index (χ0) is 18.4. The van der Waals surface area contributed by atoms with Crippen LogP contribution in [0.5, 0.6) is 0 Å². The Hall–Kier alpha value is -1.74. The van der Waals surface area contributed by atoms with Gasteiger partial charge < -0.3 is 14.7 Å². The second-order valence-corrected chi connectivity index (χ2v) is 8.69. The molecule has 1 aliphatic heterocycles. The Balaban J connectivity index is 2.18. The highest BCUT2D eigenvalue weighted by molar-refractivity contribution is 7.92. The molecule has 1 aromatic rings. The third-order valence-electron chi connectivity index (χ3n) is 3.49. The molecule has 134 valence electrons. The maximum Gasteiger partial charge on any atom is 0.410 e. The molecule has 2 rings (SSSR count). The van der Waals surface area contributed by atoms with Crippen molar-refractivity contribution in [2.75, 3.05) is 13.1 Å². The summed E-state index contributed by atoms with van der Waals surface area (Å²) in [5.74, 6) is 0. The molecule has 1 aliphatic rings. The van der Waals surface area contributed by atoms with Crippen LogP contribution in [-0.4, -0.2) is 54.1 Å². The highest BCUT2D eigenvalue weighted by Gasteiger charge is 2.68. The fraction of sp³-hybridized carbons (Fsp3) is 0.533. The lowest BCUT2D eigenvalue weighted by Crippen LogP contribution is -2.73. The van der Waals surface area contributed by atoms with Crippen molar-refractivity contribution < 1.29 is 31.8 Å². The first-order valence-electron chi connectivity index (χ1n) is 7.18. The monoisotopic (exact) mass is 363 g/mol. The number of hydrogen-bond acceptors (Lipinski definition) is 5. The quantitative estimate of drug-likeness (QED) is 0.888. The molecule has 1 fully saturated rings. The molecule has 9 heteroatoms. The molecule has 1 heterocycles. The molecule has 0 aliphatic carbocycles. The number of aliphatic hydroxyl groups is 1. The summed E-state index contributed by atoms with van der Waals surface area (Å²) in [7, 11) is -5.10. The lowest BCUT2D eigenvalue weighted by atomic mass is 9.95. The number of halogens is 2. The van der Waals surface area contributed by atoms with Crippen LogP contribution in [0.4, 0.5) is 13.6 Å². The van der Waals surface area contributed by atoms with E-state index in [-0.39, 0.29) is 0 Å². The molecule has 0 aromatic heterocycles. The largest absolute Gasteiger partial charge is 0.444 e. The minimum absolute atomic E-state index is 0.598. The molecule has 0 atom stereocenters. The SMILES string of the molecule is CC(C)(C)OC(=O)N1CC(O)(C(F)(F)S(=O)(=O)c2ccccc2)C1. The number of amides is 1. The van der Waals surface area contributed by atoms with E-state index in [9.17, 15) is 27.1 Å². The summed E-state index contributed by atoms with van der Waals surface area (Å²) in [6, 6.07) is 6.15. The van der Waals surface area contributed by atoms with Crippen LogP contribution in [-0.2, 0) is 14.6 Å². The van der Waals surface area contributed by atoms with Crippen LogP contribution in [0.15, 0.2) is 35.2 Å². The molecule has 1 saturated heterocycles. The van der Waals surface area contributed by atoms with Crippen LogP contribution in [0, 0.1) is 0 Å². The van der Waals surface area contributed by atoms with Crippen molar-refractivity contribution in [3.8, 4) is 0 Å².